The number of methoxy groups -OCH3 is 3. The third-order valence-corrected chi connectivity index (χ3v) is 6.11. The Morgan fingerprint density at radius 1 is 0.769 bits per heavy atom. The first-order valence-electron chi connectivity index (χ1n) is 12.3. The smallest absolute Gasteiger partial charge is 0.308 e. The normalized spacial score (nSPS) is 12.2. The zero-order chi connectivity index (χ0) is 28.5. The second kappa shape index (κ2) is 13.3. The van der Waals surface area contributed by atoms with Crippen LogP contribution in [0, 0.1) is 0 Å². The van der Waals surface area contributed by atoms with E-state index in [1.54, 1.807) is 21.1 Å². The van der Waals surface area contributed by atoms with Crippen LogP contribution in [0.4, 0.5) is 0 Å². The van der Waals surface area contributed by atoms with Crippen molar-refractivity contribution in [2.75, 3.05) is 21.3 Å². The lowest BCUT2D eigenvalue weighted by molar-refractivity contribution is -0.132. The van der Waals surface area contributed by atoms with Crippen LogP contribution >= 0.6 is 0 Å². The summed E-state index contributed by atoms with van der Waals surface area (Å²) >= 11 is 0. The van der Waals surface area contributed by atoms with Gasteiger partial charge in [-0.05, 0) is 49.2 Å². The van der Waals surface area contributed by atoms with Crippen molar-refractivity contribution in [3.8, 4) is 23.0 Å². The zero-order valence-corrected chi connectivity index (χ0v) is 22.8. The molecule has 0 bridgehead atoms. The van der Waals surface area contributed by atoms with Gasteiger partial charge in [0.25, 0.3) is 5.91 Å². The molecule has 2 unspecified atom stereocenters. The predicted octanol–water partition coefficient (Wildman–Crippen LogP) is 3.49. The summed E-state index contributed by atoms with van der Waals surface area (Å²) in [7, 11) is 4.58. The van der Waals surface area contributed by atoms with Gasteiger partial charge in [-0.15, -0.1) is 0 Å². The molecule has 0 radical (unpaired) electrons. The Kier molecular flexibility index (Phi) is 9.86. The third-order valence-electron chi connectivity index (χ3n) is 6.11. The van der Waals surface area contributed by atoms with Gasteiger partial charge in [-0.3, -0.25) is 14.4 Å². The van der Waals surface area contributed by atoms with Crippen molar-refractivity contribution in [1.82, 2.24) is 15.6 Å². The summed E-state index contributed by atoms with van der Waals surface area (Å²) in [4.78, 5) is 41.8. The Balaban J connectivity index is 1.80. The van der Waals surface area contributed by atoms with Crippen LogP contribution in [0.3, 0.4) is 0 Å². The molecule has 3 aromatic rings. The molecule has 39 heavy (non-hydrogen) atoms. The largest absolute Gasteiger partial charge is 0.497 e. The number of carbonyl (C=O) groups excluding carboxylic acids is 3. The van der Waals surface area contributed by atoms with Crippen molar-refractivity contribution < 1.29 is 33.3 Å². The molecule has 2 N–H and O–H groups in total. The zero-order valence-electron chi connectivity index (χ0n) is 22.8. The summed E-state index contributed by atoms with van der Waals surface area (Å²) in [6, 6.07) is 15.5. The summed E-state index contributed by atoms with van der Waals surface area (Å²) < 4.78 is 20.9. The van der Waals surface area contributed by atoms with Gasteiger partial charge >= 0.3 is 5.97 Å². The van der Waals surface area contributed by atoms with E-state index < -0.39 is 23.8 Å². The molecule has 0 aliphatic carbocycles. The van der Waals surface area contributed by atoms with Crippen LogP contribution in [0.2, 0.25) is 0 Å². The number of nitrogens with one attached hydrogen (secondary N) is 2. The van der Waals surface area contributed by atoms with E-state index in [4.69, 9.17) is 18.9 Å². The van der Waals surface area contributed by atoms with Gasteiger partial charge in [-0.1, -0.05) is 24.3 Å². The van der Waals surface area contributed by atoms with Crippen LogP contribution in [0.5, 0.6) is 23.0 Å². The van der Waals surface area contributed by atoms with Crippen LogP contribution in [0.1, 0.15) is 48.3 Å². The highest BCUT2D eigenvalue weighted by atomic mass is 16.6. The number of rotatable bonds is 11. The number of aromatic nitrogens is 1. The molecule has 0 saturated heterocycles. The van der Waals surface area contributed by atoms with Crippen LogP contribution in [0.25, 0.3) is 0 Å². The maximum absolute atomic E-state index is 13.2. The Bertz CT molecular complexity index is 1250. The fourth-order valence-electron chi connectivity index (χ4n) is 4.15. The molecule has 0 fully saturated rings. The van der Waals surface area contributed by atoms with Crippen LogP contribution in [-0.2, 0) is 9.59 Å². The van der Waals surface area contributed by atoms with Gasteiger partial charge in [0, 0.05) is 31.1 Å². The summed E-state index contributed by atoms with van der Waals surface area (Å²) in [6.07, 6.45) is 1.35. The standard InChI is InChI=1S/C29H33N3O7/c1-17(25(20-7-11-22(36-4)12-8-20)21-9-13-23(37-5)14-10-21)31-28(34)18(2)32-29(35)26-27(39-19(3)33)24(38-6)15-16-30-26/h7-18,25H,1-6H3,(H,31,34)(H,32,35). The molecule has 2 aromatic carbocycles. The maximum atomic E-state index is 13.2. The number of esters is 1. The molecule has 2 atom stereocenters. The molecule has 3 rings (SSSR count). The monoisotopic (exact) mass is 535 g/mol. The molecule has 1 aromatic heterocycles. The lowest BCUT2D eigenvalue weighted by Crippen LogP contribution is -2.49. The van der Waals surface area contributed by atoms with Gasteiger partial charge in [0.15, 0.2) is 11.4 Å². The van der Waals surface area contributed by atoms with E-state index >= 15 is 0 Å². The Morgan fingerprint density at radius 2 is 1.31 bits per heavy atom. The van der Waals surface area contributed by atoms with E-state index in [2.05, 4.69) is 15.6 Å². The van der Waals surface area contributed by atoms with E-state index in [0.29, 0.717) is 0 Å². The van der Waals surface area contributed by atoms with Crippen molar-refractivity contribution in [1.29, 1.82) is 0 Å². The second-order valence-electron chi connectivity index (χ2n) is 8.80. The number of ether oxygens (including phenoxy) is 4. The van der Waals surface area contributed by atoms with Crippen molar-refractivity contribution in [2.24, 2.45) is 0 Å². The molecule has 1 heterocycles. The molecular formula is C29H33N3O7. The van der Waals surface area contributed by atoms with Crippen LogP contribution in [0.15, 0.2) is 60.8 Å². The van der Waals surface area contributed by atoms with Gasteiger partial charge < -0.3 is 29.6 Å². The number of amides is 2. The molecule has 10 nitrogen and oxygen atoms in total. The molecule has 10 heteroatoms. The summed E-state index contributed by atoms with van der Waals surface area (Å²) in [5.74, 6) is -0.452. The van der Waals surface area contributed by atoms with Gasteiger partial charge in [-0.25, -0.2) is 4.98 Å². The Morgan fingerprint density at radius 3 is 1.77 bits per heavy atom. The molecule has 0 aliphatic heterocycles. The van der Waals surface area contributed by atoms with Crippen molar-refractivity contribution in [3.05, 3.63) is 77.6 Å². The van der Waals surface area contributed by atoms with E-state index in [-0.39, 0.29) is 29.2 Å². The minimum Gasteiger partial charge on any atom is -0.497 e. The number of nitrogens with zero attached hydrogens (tertiary/aromatic N) is 1. The number of benzene rings is 2. The second-order valence-corrected chi connectivity index (χ2v) is 8.80. The molecule has 0 aliphatic rings. The van der Waals surface area contributed by atoms with Gasteiger partial charge in [0.05, 0.1) is 21.3 Å². The highest BCUT2D eigenvalue weighted by molar-refractivity contribution is 5.99. The SMILES string of the molecule is COc1ccc(C(c2ccc(OC)cc2)C(C)NC(=O)C(C)NC(=O)c2nccc(OC)c2OC(C)=O)cc1. The minimum absolute atomic E-state index is 0.120. The Labute approximate surface area is 227 Å². The molecule has 2 amide bonds. The fourth-order valence-corrected chi connectivity index (χ4v) is 4.15. The first-order chi connectivity index (χ1) is 18.7. The number of pyridine rings is 1. The minimum atomic E-state index is -0.925. The topological polar surface area (TPSA) is 125 Å². The highest BCUT2D eigenvalue weighted by Gasteiger charge is 2.27. The lowest BCUT2D eigenvalue weighted by atomic mass is 9.85. The molecule has 0 spiro atoms. The fraction of sp³-hybridized carbons (Fsp3) is 0.310. The third kappa shape index (κ3) is 7.25. The first-order valence-corrected chi connectivity index (χ1v) is 12.3. The molecule has 206 valence electrons. The first kappa shape index (κ1) is 29.0. The summed E-state index contributed by atoms with van der Waals surface area (Å²) in [6.45, 7) is 4.66. The van der Waals surface area contributed by atoms with E-state index in [1.165, 1.54) is 26.3 Å². The van der Waals surface area contributed by atoms with Crippen molar-refractivity contribution in [2.45, 2.75) is 38.8 Å². The predicted molar refractivity (Wildman–Crippen MR) is 144 cm³/mol. The van der Waals surface area contributed by atoms with Crippen molar-refractivity contribution in [3.63, 3.8) is 0 Å². The highest BCUT2D eigenvalue weighted by Crippen LogP contribution is 2.31. The Hall–Kier alpha value is -4.60. The van der Waals surface area contributed by atoms with E-state index in [0.717, 1.165) is 22.6 Å². The van der Waals surface area contributed by atoms with Crippen LogP contribution in [-0.4, -0.2) is 56.2 Å². The van der Waals surface area contributed by atoms with E-state index in [9.17, 15) is 14.4 Å². The van der Waals surface area contributed by atoms with Crippen LogP contribution < -0.4 is 29.6 Å². The molecular weight excluding hydrogens is 502 g/mol. The van der Waals surface area contributed by atoms with Gasteiger partial charge in [0.2, 0.25) is 11.7 Å². The quantitative estimate of drug-likeness (QED) is 0.358. The van der Waals surface area contributed by atoms with E-state index in [1.807, 2.05) is 55.5 Å². The number of carbonyl (C=O) groups is 3. The summed E-state index contributed by atoms with van der Waals surface area (Å²) in [5, 5.41) is 5.63. The average molecular weight is 536 g/mol. The van der Waals surface area contributed by atoms with Gasteiger partial charge in [0.1, 0.15) is 17.5 Å². The number of hydrogen-bond acceptors (Lipinski definition) is 8. The van der Waals surface area contributed by atoms with Gasteiger partial charge in [-0.2, -0.15) is 0 Å². The summed E-state index contributed by atoms with van der Waals surface area (Å²) in [5.41, 5.74) is 1.76. The van der Waals surface area contributed by atoms with Crippen molar-refractivity contribution >= 4 is 17.8 Å². The average Bonchev–Trinajstić information content (AvgIpc) is 2.93. The lowest BCUT2D eigenvalue weighted by Gasteiger charge is -2.28. The number of hydrogen-bond donors (Lipinski definition) is 2. The molecule has 0 saturated carbocycles. The maximum Gasteiger partial charge on any atom is 0.308 e.